The van der Waals surface area contributed by atoms with Gasteiger partial charge in [-0.3, -0.25) is 0 Å². The maximum absolute atomic E-state index is 11.6. The van der Waals surface area contributed by atoms with Crippen LogP contribution in [0.3, 0.4) is 0 Å². The molecule has 2 aromatic carbocycles. The van der Waals surface area contributed by atoms with Crippen LogP contribution >= 0.6 is 0 Å². The Labute approximate surface area is 139 Å². The lowest BCUT2D eigenvalue weighted by atomic mass is 10.2. The molecule has 3 rings (SSSR count). The molecular weight excluding hydrogens is 306 g/mol. The third-order valence-corrected chi connectivity index (χ3v) is 3.33. The summed E-state index contributed by atoms with van der Waals surface area (Å²) in [6.45, 7) is 2.54. The van der Waals surface area contributed by atoms with Gasteiger partial charge in [0.1, 0.15) is 0 Å². The molecule has 0 atom stereocenters. The van der Waals surface area contributed by atoms with E-state index >= 15 is 0 Å². The molecule has 1 heterocycles. The summed E-state index contributed by atoms with van der Waals surface area (Å²) in [7, 11) is 0. The van der Waals surface area contributed by atoms with Crippen LogP contribution in [0.1, 0.15) is 23.2 Å². The lowest BCUT2D eigenvalue weighted by molar-refractivity contribution is 0.0526. The first-order chi connectivity index (χ1) is 11.8. The Morgan fingerprint density at radius 1 is 1.08 bits per heavy atom. The summed E-state index contributed by atoms with van der Waals surface area (Å²) in [6.07, 6.45) is 0. The highest BCUT2D eigenvalue weighted by molar-refractivity contribution is 5.89. The maximum Gasteiger partial charge on any atom is 0.338 e. The van der Waals surface area contributed by atoms with Crippen molar-refractivity contribution in [2.45, 2.75) is 13.5 Å². The number of aromatic nitrogens is 2. The first-order valence-electron chi connectivity index (χ1n) is 7.65. The van der Waals surface area contributed by atoms with Crippen LogP contribution in [0, 0.1) is 0 Å². The maximum atomic E-state index is 11.6. The summed E-state index contributed by atoms with van der Waals surface area (Å²) in [5.74, 6) is 0.654. The van der Waals surface area contributed by atoms with E-state index < -0.39 is 0 Å². The third kappa shape index (κ3) is 3.78. The Morgan fingerprint density at radius 3 is 2.54 bits per heavy atom. The molecule has 0 spiro atoms. The Hall–Kier alpha value is -3.15. The molecule has 6 nitrogen and oxygen atoms in total. The molecule has 0 aliphatic carbocycles. The minimum absolute atomic E-state index is 0.326. The summed E-state index contributed by atoms with van der Waals surface area (Å²) < 4.78 is 10.6. The number of hydrogen-bond donors (Lipinski definition) is 1. The fourth-order valence-electron chi connectivity index (χ4n) is 2.14. The van der Waals surface area contributed by atoms with Gasteiger partial charge in [0, 0.05) is 11.3 Å². The molecule has 6 heteroatoms. The van der Waals surface area contributed by atoms with Gasteiger partial charge in [-0.2, -0.15) is 0 Å². The first kappa shape index (κ1) is 15.7. The van der Waals surface area contributed by atoms with Crippen molar-refractivity contribution in [3.8, 4) is 11.5 Å². The van der Waals surface area contributed by atoms with E-state index in [0.29, 0.717) is 30.5 Å². The van der Waals surface area contributed by atoms with Crippen molar-refractivity contribution >= 4 is 11.7 Å². The second-order valence-electron chi connectivity index (χ2n) is 5.02. The second kappa shape index (κ2) is 7.41. The molecule has 1 N–H and O–H groups in total. The van der Waals surface area contributed by atoms with Crippen molar-refractivity contribution in [3.63, 3.8) is 0 Å². The van der Waals surface area contributed by atoms with Crippen LogP contribution < -0.4 is 5.32 Å². The number of rotatable bonds is 6. The predicted octanol–water partition coefficient (Wildman–Crippen LogP) is 3.53. The monoisotopic (exact) mass is 323 g/mol. The van der Waals surface area contributed by atoms with Crippen LogP contribution in [0.4, 0.5) is 5.69 Å². The highest BCUT2D eigenvalue weighted by Gasteiger charge is 2.09. The van der Waals surface area contributed by atoms with Crippen molar-refractivity contribution < 1.29 is 13.9 Å². The average Bonchev–Trinajstić information content (AvgIpc) is 3.10. The Kier molecular flexibility index (Phi) is 4.86. The van der Waals surface area contributed by atoms with E-state index in [0.717, 1.165) is 11.3 Å². The van der Waals surface area contributed by atoms with Crippen molar-refractivity contribution in [2.75, 3.05) is 11.9 Å². The molecule has 0 aliphatic heterocycles. The third-order valence-electron chi connectivity index (χ3n) is 3.33. The SMILES string of the molecule is CCOC(=O)c1ccc(NCc2nnc(-c3ccccc3)o2)cc1. The average molecular weight is 323 g/mol. The van der Waals surface area contributed by atoms with E-state index in [9.17, 15) is 4.79 Å². The zero-order chi connectivity index (χ0) is 16.8. The molecule has 1 aromatic heterocycles. The Balaban J connectivity index is 1.60. The first-order valence-corrected chi connectivity index (χ1v) is 7.65. The normalized spacial score (nSPS) is 10.4. The van der Waals surface area contributed by atoms with E-state index in [1.807, 2.05) is 30.3 Å². The van der Waals surface area contributed by atoms with Crippen molar-refractivity contribution in [1.82, 2.24) is 10.2 Å². The Morgan fingerprint density at radius 2 is 1.83 bits per heavy atom. The molecule has 0 unspecified atom stereocenters. The van der Waals surface area contributed by atoms with Gasteiger partial charge in [0.2, 0.25) is 11.8 Å². The number of carbonyl (C=O) groups excluding carboxylic acids is 1. The molecule has 0 fully saturated rings. The molecule has 122 valence electrons. The van der Waals surface area contributed by atoms with Gasteiger partial charge >= 0.3 is 5.97 Å². The standard InChI is InChI=1S/C18H17N3O3/c1-2-23-18(22)14-8-10-15(11-9-14)19-12-16-20-21-17(24-16)13-6-4-3-5-7-13/h3-11,19H,2,12H2,1H3. The van der Waals surface area contributed by atoms with Crippen molar-refractivity contribution in [3.05, 3.63) is 66.1 Å². The van der Waals surface area contributed by atoms with Crippen LogP contribution in [0.15, 0.2) is 59.0 Å². The number of ether oxygens (including phenoxy) is 1. The van der Waals surface area contributed by atoms with Gasteiger partial charge in [-0.25, -0.2) is 4.79 Å². The Bertz CT molecular complexity index is 798. The summed E-state index contributed by atoms with van der Waals surface area (Å²) >= 11 is 0. The molecule has 0 bridgehead atoms. The molecule has 3 aromatic rings. The smallest absolute Gasteiger partial charge is 0.338 e. The molecule has 0 amide bonds. The zero-order valence-electron chi connectivity index (χ0n) is 13.2. The van der Waals surface area contributed by atoms with E-state index in [4.69, 9.17) is 9.15 Å². The zero-order valence-corrected chi connectivity index (χ0v) is 13.2. The number of hydrogen-bond acceptors (Lipinski definition) is 6. The molecule has 0 saturated carbocycles. The highest BCUT2D eigenvalue weighted by atomic mass is 16.5. The second-order valence-corrected chi connectivity index (χ2v) is 5.02. The van der Waals surface area contributed by atoms with Gasteiger partial charge in [0.15, 0.2) is 0 Å². The summed E-state index contributed by atoms with van der Waals surface area (Å²) in [4.78, 5) is 11.6. The van der Waals surface area contributed by atoms with Gasteiger partial charge in [-0.1, -0.05) is 18.2 Å². The molecule has 0 aliphatic rings. The van der Waals surface area contributed by atoms with Gasteiger partial charge in [-0.05, 0) is 43.3 Å². The summed E-state index contributed by atoms with van der Waals surface area (Å²) in [5, 5.41) is 11.2. The fourth-order valence-corrected chi connectivity index (χ4v) is 2.14. The van der Waals surface area contributed by atoms with Crippen LogP contribution in [0.2, 0.25) is 0 Å². The fraction of sp³-hybridized carbons (Fsp3) is 0.167. The van der Waals surface area contributed by atoms with Crippen LogP contribution in [0.5, 0.6) is 0 Å². The minimum Gasteiger partial charge on any atom is -0.462 e. The van der Waals surface area contributed by atoms with Gasteiger partial charge in [-0.15, -0.1) is 10.2 Å². The molecule has 0 radical (unpaired) electrons. The highest BCUT2D eigenvalue weighted by Crippen LogP contribution is 2.18. The lowest BCUT2D eigenvalue weighted by Crippen LogP contribution is -2.05. The number of carbonyl (C=O) groups is 1. The number of benzene rings is 2. The van der Waals surface area contributed by atoms with Gasteiger partial charge in [0.25, 0.3) is 0 Å². The largest absolute Gasteiger partial charge is 0.462 e. The molecule has 0 saturated heterocycles. The van der Waals surface area contributed by atoms with Gasteiger partial charge in [0.05, 0.1) is 18.7 Å². The molecular formula is C18H17N3O3. The van der Waals surface area contributed by atoms with Crippen LogP contribution in [0.25, 0.3) is 11.5 Å². The predicted molar refractivity (Wildman–Crippen MR) is 89.5 cm³/mol. The minimum atomic E-state index is -0.326. The van der Waals surface area contributed by atoms with E-state index in [-0.39, 0.29) is 5.97 Å². The summed E-state index contributed by atoms with van der Waals surface area (Å²) in [5.41, 5.74) is 2.25. The quantitative estimate of drug-likeness (QED) is 0.699. The number of nitrogens with one attached hydrogen (secondary N) is 1. The van der Waals surface area contributed by atoms with Gasteiger partial charge < -0.3 is 14.5 Å². The van der Waals surface area contributed by atoms with E-state index in [2.05, 4.69) is 15.5 Å². The van der Waals surface area contributed by atoms with Crippen molar-refractivity contribution in [2.24, 2.45) is 0 Å². The number of anilines is 1. The lowest BCUT2D eigenvalue weighted by Gasteiger charge is -2.05. The van der Waals surface area contributed by atoms with Crippen LogP contribution in [-0.2, 0) is 11.3 Å². The number of nitrogens with zero attached hydrogens (tertiary/aromatic N) is 2. The summed E-state index contributed by atoms with van der Waals surface area (Å²) in [6, 6.07) is 16.6. The van der Waals surface area contributed by atoms with Crippen molar-refractivity contribution in [1.29, 1.82) is 0 Å². The van der Waals surface area contributed by atoms with E-state index in [1.54, 1.807) is 31.2 Å². The van der Waals surface area contributed by atoms with Crippen LogP contribution in [-0.4, -0.2) is 22.8 Å². The topological polar surface area (TPSA) is 77.2 Å². The molecule has 24 heavy (non-hydrogen) atoms. The van der Waals surface area contributed by atoms with E-state index in [1.165, 1.54) is 0 Å². The number of esters is 1.